The van der Waals surface area contributed by atoms with Crippen LogP contribution in [0.3, 0.4) is 0 Å². The van der Waals surface area contributed by atoms with Gasteiger partial charge in [-0.2, -0.15) is 0 Å². The number of carbonyl (C=O) groups is 2. The summed E-state index contributed by atoms with van der Waals surface area (Å²) in [5, 5.41) is 9.83. The van der Waals surface area contributed by atoms with E-state index in [9.17, 15) is 14.7 Å². The number of nitrogens with zero attached hydrogens (tertiary/aromatic N) is 2. The highest BCUT2D eigenvalue weighted by Gasteiger charge is 2.57. The van der Waals surface area contributed by atoms with Gasteiger partial charge in [-0.05, 0) is 61.7 Å². The lowest BCUT2D eigenvalue weighted by atomic mass is 10.1. The standard InChI is InChI=1S/C26H28N2O7/c1-17-23(27-18(2)34-17)11-14-33-22-6-4-5-19(15-22)16-28(26(12-13-26)24(29)30)25(31)35-21-9-7-20(32-3)8-10-21/h4-10,15H,11-14,16H2,1-3H3,(H,29,30). The summed E-state index contributed by atoms with van der Waals surface area (Å²) in [6, 6.07) is 13.8. The number of carbonyl (C=O) groups excluding carboxylic acids is 1. The fourth-order valence-electron chi connectivity index (χ4n) is 3.89. The van der Waals surface area contributed by atoms with Crippen LogP contribution in [0.4, 0.5) is 4.79 Å². The van der Waals surface area contributed by atoms with Crippen molar-refractivity contribution in [1.29, 1.82) is 0 Å². The first-order valence-corrected chi connectivity index (χ1v) is 11.3. The second-order valence-electron chi connectivity index (χ2n) is 8.45. The predicted molar refractivity (Wildman–Crippen MR) is 126 cm³/mol. The molecule has 0 atom stereocenters. The Morgan fingerprint density at radius 2 is 1.80 bits per heavy atom. The molecule has 1 heterocycles. The smallest absolute Gasteiger partial charge is 0.416 e. The first-order valence-electron chi connectivity index (χ1n) is 11.3. The molecule has 184 valence electrons. The van der Waals surface area contributed by atoms with Crippen molar-refractivity contribution in [3.05, 3.63) is 71.4 Å². The van der Waals surface area contributed by atoms with Crippen molar-refractivity contribution in [1.82, 2.24) is 9.88 Å². The van der Waals surface area contributed by atoms with E-state index < -0.39 is 17.6 Å². The first-order chi connectivity index (χ1) is 16.8. The lowest BCUT2D eigenvalue weighted by Crippen LogP contribution is -2.48. The molecule has 0 spiro atoms. The number of methoxy groups -OCH3 is 1. The van der Waals surface area contributed by atoms with Crippen LogP contribution in [-0.2, 0) is 17.8 Å². The molecule has 1 fully saturated rings. The van der Waals surface area contributed by atoms with Crippen LogP contribution < -0.4 is 14.2 Å². The van der Waals surface area contributed by atoms with E-state index in [4.69, 9.17) is 18.6 Å². The van der Waals surface area contributed by atoms with E-state index >= 15 is 0 Å². The SMILES string of the molecule is COc1ccc(OC(=O)N(Cc2cccc(OCCc3nc(C)oc3C)c2)C2(C(=O)O)CC2)cc1. The van der Waals surface area contributed by atoms with Gasteiger partial charge in [0.25, 0.3) is 0 Å². The number of benzene rings is 2. The Labute approximate surface area is 203 Å². The maximum atomic E-state index is 13.1. The number of ether oxygens (including phenoxy) is 3. The number of aryl methyl sites for hydroxylation is 2. The summed E-state index contributed by atoms with van der Waals surface area (Å²) in [7, 11) is 1.54. The summed E-state index contributed by atoms with van der Waals surface area (Å²) < 4.78 is 21.9. The molecule has 2 aromatic carbocycles. The van der Waals surface area contributed by atoms with Gasteiger partial charge in [-0.15, -0.1) is 0 Å². The zero-order valence-corrected chi connectivity index (χ0v) is 19.9. The topological polar surface area (TPSA) is 111 Å². The summed E-state index contributed by atoms with van der Waals surface area (Å²) in [4.78, 5) is 30.7. The fourth-order valence-corrected chi connectivity index (χ4v) is 3.89. The molecule has 1 aliphatic carbocycles. The zero-order valence-electron chi connectivity index (χ0n) is 19.9. The molecule has 3 aromatic rings. The lowest BCUT2D eigenvalue weighted by Gasteiger charge is -2.28. The van der Waals surface area contributed by atoms with Crippen molar-refractivity contribution < 1.29 is 33.3 Å². The van der Waals surface area contributed by atoms with E-state index in [1.165, 1.54) is 4.90 Å². The van der Waals surface area contributed by atoms with Crippen LogP contribution in [-0.4, -0.2) is 46.3 Å². The number of hydrogen-bond acceptors (Lipinski definition) is 7. The molecule has 4 rings (SSSR count). The molecular formula is C26H28N2O7. The van der Waals surface area contributed by atoms with Crippen LogP contribution in [0.1, 0.15) is 35.7 Å². The molecule has 9 heteroatoms. The molecule has 1 aliphatic rings. The van der Waals surface area contributed by atoms with E-state index in [2.05, 4.69) is 4.98 Å². The van der Waals surface area contributed by atoms with Crippen molar-refractivity contribution >= 4 is 12.1 Å². The second-order valence-corrected chi connectivity index (χ2v) is 8.45. The summed E-state index contributed by atoms with van der Waals surface area (Å²) >= 11 is 0. The Hall–Kier alpha value is -4.01. The van der Waals surface area contributed by atoms with E-state index in [0.29, 0.717) is 49.0 Å². The third-order valence-electron chi connectivity index (χ3n) is 5.97. The highest BCUT2D eigenvalue weighted by atomic mass is 16.6. The van der Waals surface area contributed by atoms with Crippen molar-refractivity contribution in [2.45, 2.75) is 45.2 Å². The number of aromatic nitrogens is 1. The number of oxazole rings is 1. The van der Waals surface area contributed by atoms with Gasteiger partial charge in [-0.3, -0.25) is 4.90 Å². The molecule has 0 unspecified atom stereocenters. The van der Waals surface area contributed by atoms with Gasteiger partial charge in [0.2, 0.25) is 0 Å². The van der Waals surface area contributed by atoms with Gasteiger partial charge < -0.3 is 23.7 Å². The van der Waals surface area contributed by atoms with E-state index in [0.717, 1.165) is 17.0 Å². The van der Waals surface area contributed by atoms with Gasteiger partial charge in [0, 0.05) is 13.3 Å². The molecule has 0 bridgehead atoms. The number of hydrogen-bond donors (Lipinski definition) is 1. The van der Waals surface area contributed by atoms with Crippen molar-refractivity contribution in [2.75, 3.05) is 13.7 Å². The molecule has 0 radical (unpaired) electrons. The molecule has 1 saturated carbocycles. The average molecular weight is 481 g/mol. The largest absolute Gasteiger partial charge is 0.497 e. The quantitative estimate of drug-likeness (QED) is 0.450. The Kier molecular flexibility index (Phi) is 6.95. The van der Waals surface area contributed by atoms with Gasteiger partial charge >= 0.3 is 12.1 Å². The third-order valence-corrected chi connectivity index (χ3v) is 5.97. The number of aliphatic carboxylic acids is 1. The van der Waals surface area contributed by atoms with Gasteiger partial charge in [0.15, 0.2) is 5.89 Å². The van der Waals surface area contributed by atoms with Crippen LogP contribution in [0, 0.1) is 13.8 Å². The molecule has 35 heavy (non-hydrogen) atoms. The van der Waals surface area contributed by atoms with Crippen LogP contribution in [0.2, 0.25) is 0 Å². The second kappa shape index (κ2) is 10.1. The minimum absolute atomic E-state index is 0.0695. The Balaban J connectivity index is 1.45. The number of amides is 1. The lowest BCUT2D eigenvalue weighted by molar-refractivity contribution is -0.144. The summed E-state index contributed by atoms with van der Waals surface area (Å²) in [5.41, 5.74) is 0.307. The predicted octanol–water partition coefficient (Wildman–Crippen LogP) is 4.54. The highest BCUT2D eigenvalue weighted by Crippen LogP contribution is 2.43. The summed E-state index contributed by atoms with van der Waals surface area (Å²) in [5.74, 6) is 1.88. The molecule has 9 nitrogen and oxygen atoms in total. The Morgan fingerprint density at radius 3 is 2.40 bits per heavy atom. The maximum Gasteiger partial charge on any atom is 0.416 e. The van der Waals surface area contributed by atoms with Crippen molar-refractivity contribution in [2.24, 2.45) is 0 Å². The van der Waals surface area contributed by atoms with E-state index in [1.54, 1.807) is 44.4 Å². The van der Waals surface area contributed by atoms with Gasteiger partial charge in [0.1, 0.15) is 28.5 Å². The molecular weight excluding hydrogens is 452 g/mol. The van der Waals surface area contributed by atoms with Crippen LogP contribution in [0.25, 0.3) is 0 Å². The molecule has 1 amide bonds. The van der Waals surface area contributed by atoms with E-state index in [-0.39, 0.29) is 6.54 Å². The minimum Gasteiger partial charge on any atom is -0.497 e. The zero-order chi connectivity index (χ0) is 25.0. The number of rotatable bonds is 10. The van der Waals surface area contributed by atoms with Gasteiger partial charge in [0.05, 0.1) is 26.0 Å². The summed E-state index contributed by atoms with van der Waals surface area (Å²) in [6.07, 6.45) is 0.605. The fraction of sp³-hybridized carbons (Fsp3) is 0.346. The number of carboxylic acids is 1. The van der Waals surface area contributed by atoms with E-state index in [1.807, 2.05) is 25.1 Å². The molecule has 1 N–H and O–H groups in total. The van der Waals surface area contributed by atoms with Gasteiger partial charge in [-0.25, -0.2) is 14.6 Å². The first kappa shape index (κ1) is 24.1. The third kappa shape index (κ3) is 5.56. The van der Waals surface area contributed by atoms with Crippen LogP contribution in [0.15, 0.2) is 52.9 Å². The van der Waals surface area contributed by atoms with Crippen molar-refractivity contribution in [3.8, 4) is 17.2 Å². The minimum atomic E-state index is -1.28. The van der Waals surface area contributed by atoms with Crippen LogP contribution in [0.5, 0.6) is 17.2 Å². The Bertz CT molecular complexity index is 1200. The monoisotopic (exact) mass is 480 g/mol. The Morgan fingerprint density at radius 1 is 1.09 bits per heavy atom. The highest BCUT2D eigenvalue weighted by molar-refractivity contribution is 5.88. The molecule has 0 saturated heterocycles. The van der Waals surface area contributed by atoms with Gasteiger partial charge in [-0.1, -0.05) is 12.1 Å². The summed E-state index contributed by atoms with van der Waals surface area (Å²) in [6.45, 7) is 4.14. The normalized spacial score (nSPS) is 13.7. The maximum absolute atomic E-state index is 13.1. The van der Waals surface area contributed by atoms with Crippen molar-refractivity contribution in [3.63, 3.8) is 0 Å². The number of carboxylic acid groups (broad SMARTS) is 1. The molecule has 1 aromatic heterocycles. The molecule has 0 aliphatic heterocycles. The average Bonchev–Trinajstić information content (AvgIpc) is 3.58. The van der Waals surface area contributed by atoms with Crippen LogP contribution >= 0.6 is 0 Å².